The Hall–Kier alpha value is -0.280. The number of quaternary nitrogens is 1. The van der Waals surface area contributed by atoms with E-state index < -0.39 is 0 Å². The quantitative estimate of drug-likeness (QED) is 0.494. The van der Waals surface area contributed by atoms with Gasteiger partial charge in [-0.15, -0.1) is 0 Å². The molecule has 0 aromatic rings. The smallest absolute Gasteiger partial charge is 0.212 e. The predicted octanol–water partition coefficient (Wildman–Crippen LogP) is 2.70. The SMILES string of the molecule is C/C=C/C(=O)SCC[N+](CC)(CC)CC. The molecule has 0 unspecified atom stereocenters. The summed E-state index contributed by atoms with van der Waals surface area (Å²) < 4.78 is 1.12. The van der Waals surface area contributed by atoms with Crippen LogP contribution in [0.1, 0.15) is 27.7 Å². The van der Waals surface area contributed by atoms with Crippen LogP contribution in [0.3, 0.4) is 0 Å². The first-order chi connectivity index (χ1) is 7.14. The van der Waals surface area contributed by atoms with E-state index in [1.165, 1.54) is 11.8 Å². The molecule has 0 fully saturated rings. The van der Waals surface area contributed by atoms with Crippen molar-refractivity contribution in [2.75, 3.05) is 31.9 Å². The number of carbonyl (C=O) groups excluding carboxylic acids is 1. The van der Waals surface area contributed by atoms with Crippen molar-refractivity contribution in [2.24, 2.45) is 0 Å². The summed E-state index contributed by atoms with van der Waals surface area (Å²) in [5.74, 6) is 0.929. The summed E-state index contributed by atoms with van der Waals surface area (Å²) >= 11 is 1.43. The topological polar surface area (TPSA) is 17.1 Å². The molecule has 0 aromatic heterocycles. The van der Waals surface area contributed by atoms with E-state index in [9.17, 15) is 4.79 Å². The van der Waals surface area contributed by atoms with E-state index in [2.05, 4.69) is 20.8 Å². The molecule has 2 nitrogen and oxygen atoms in total. The van der Waals surface area contributed by atoms with Crippen molar-refractivity contribution in [1.29, 1.82) is 0 Å². The highest BCUT2D eigenvalue weighted by molar-refractivity contribution is 8.14. The number of allylic oxidation sites excluding steroid dienone is 1. The third-order valence-electron chi connectivity index (χ3n) is 3.13. The number of thioether (sulfide) groups is 1. The number of rotatable bonds is 7. The Morgan fingerprint density at radius 2 is 1.73 bits per heavy atom. The van der Waals surface area contributed by atoms with E-state index in [4.69, 9.17) is 0 Å². The minimum Gasteiger partial charge on any atom is -0.324 e. The second-order valence-electron chi connectivity index (χ2n) is 3.68. The molecule has 88 valence electrons. The summed E-state index contributed by atoms with van der Waals surface area (Å²) in [5.41, 5.74) is 0. The van der Waals surface area contributed by atoms with Crippen molar-refractivity contribution in [3.8, 4) is 0 Å². The first-order valence-electron chi connectivity index (χ1n) is 5.78. The van der Waals surface area contributed by atoms with E-state index in [0.717, 1.165) is 36.4 Å². The summed E-state index contributed by atoms with van der Waals surface area (Å²) in [5, 5.41) is 0.180. The van der Waals surface area contributed by atoms with Gasteiger partial charge >= 0.3 is 0 Å². The molecule has 0 spiro atoms. The fourth-order valence-corrected chi connectivity index (χ4v) is 2.58. The van der Waals surface area contributed by atoms with Crippen LogP contribution >= 0.6 is 11.8 Å². The van der Waals surface area contributed by atoms with Crippen molar-refractivity contribution in [3.63, 3.8) is 0 Å². The minimum atomic E-state index is 0.180. The summed E-state index contributed by atoms with van der Waals surface area (Å²) in [4.78, 5) is 11.3. The average Bonchev–Trinajstić information content (AvgIpc) is 2.25. The van der Waals surface area contributed by atoms with Gasteiger partial charge in [0, 0.05) is 0 Å². The molecule has 0 radical (unpaired) electrons. The van der Waals surface area contributed by atoms with Crippen LogP contribution in [0, 0.1) is 0 Å². The Balaban J connectivity index is 3.96. The Kier molecular flexibility index (Phi) is 7.79. The van der Waals surface area contributed by atoms with Crippen LogP contribution in [0.4, 0.5) is 0 Å². The van der Waals surface area contributed by atoms with Gasteiger partial charge in [0.05, 0.1) is 31.9 Å². The summed E-state index contributed by atoms with van der Waals surface area (Å²) in [6.07, 6.45) is 3.44. The molecule has 0 saturated carbocycles. The van der Waals surface area contributed by atoms with Gasteiger partial charge in [0.25, 0.3) is 0 Å². The first kappa shape index (κ1) is 14.7. The molecule has 0 aromatic carbocycles. The molecule has 0 bridgehead atoms. The van der Waals surface area contributed by atoms with Gasteiger partial charge in [-0.1, -0.05) is 17.8 Å². The van der Waals surface area contributed by atoms with Crippen LogP contribution < -0.4 is 0 Å². The van der Waals surface area contributed by atoms with Gasteiger partial charge in [0.2, 0.25) is 5.12 Å². The van der Waals surface area contributed by atoms with Gasteiger partial charge in [0.15, 0.2) is 0 Å². The van der Waals surface area contributed by atoms with Gasteiger partial charge < -0.3 is 4.48 Å². The number of hydrogen-bond acceptors (Lipinski definition) is 2. The molecule has 0 aliphatic rings. The Morgan fingerprint density at radius 1 is 1.20 bits per heavy atom. The summed E-state index contributed by atoms with van der Waals surface area (Å²) in [7, 11) is 0. The molecule has 0 rings (SSSR count). The van der Waals surface area contributed by atoms with Crippen LogP contribution in [-0.2, 0) is 4.79 Å². The first-order valence-corrected chi connectivity index (χ1v) is 6.77. The molecule has 0 saturated heterocycles. The van der Waals surface area contributed by atoms with Crippen LogP contribution in [0.25, 0.3) is 0 Å². The van der Waals surface area contributed by atoms with Gasteiger partial charge in [-0.05, 0) is 33.8 Å². The molecule has 0 aliphatic heterocycles. The molecular weight excluding hydrogens is 206 g/mol. The summed E-state index contributed by atoms with van der Waals surface area (Å²) in [6, 6.07) is 0. The molecule has 0 aliphatic carbocycles. The lowest BCUT2D eigenvalue weighted by Crippen LogP contribution is -2.49. The van der Waals surface area contributed by atoms with Crippen molar-refractivity contribution in [3.05, 3.63) is 12.2 Å². The molecule has 0 atom stereocenters. The van der Waals surface area contributed by atoms with Crippen molar-refractivity contribution in [2.45, 2.75) is 27.7 Å². The number of carbonyl (C=O) groups is 1. The van der Waals surface area contributed by atoms with E-state index in [0.29, 0.717) is 0 Å². The minimum absolute atomic E-state index is 0.180. The average molecular weight is 230 g/mol. The third-order valence-corrected chi connectivity index (χ3v) is 3.93. The normalized spacial score (nSPS) is 12.3. The molecule has 0 heterocycles. The maximum atomic E-state index is 11.3. The second kappa shape index (κ2) is 7.94. The Bertz CT molecular complexity index is 201. The molecular formula is C12H24NOS+. The molecule has 3 heteroatoms. The Morgan fingerprint density at radius 3 is 2.13 bits per heavy atom. The van der Waals surface area contributed by atoms with Crippen LogP contribution in [0.2, 0.25) is 0 Å². The van der Waals surface area contributed by atoms with E-state index in [1.807, 2.05) is 6.92 Å². The van der Waals surface area contributed by atoms with Gasteiger partial charge in [-0.3, -0.25) is 4.79 Å². The fraction of sp³-hybridized carbons (Fsp3) is 0.750. The lowest BCUT2D eigenvalue weighted by Gasteiger charge is -2.35. The lowest BCUT2D eigenvalue weighted by atomic mass is 10.3. The van der Waals surface area contributed by atoms with Gasteiger partial charge in [-0.2, -0.15) is 0 Å². The van der Waals surface area contributed by atoms with Crippen LogP contribution in [0.15, 0.2) is 12.2 Å². The van der Waals surface area contributed by atoms with Crippen molar-refractivity contribution in [1.82, 2.24) is 0 Å². The molecule has 15 heavy (non-hydrogen) atoms. The molecule has 0 N–H and O–H groups in total. The van der Waals surface area contributed by atoms with Crippen LogP contribution in [0.5, 0.6) is 0 Å². The van der Waals surface area contributed by atoms with E-state index in [1.54, 1.807) is 12.2 Å². The standard InChI is InChI=1S/C12H24NOS/c1-5-9-12(14)15-11-10-13(6-2,7-3)8-4/h5,9H,6-8,10-11H2,1-4H3/q+1/b9-5+. The van der Waals surface area contributed by atoms with E-state index >= 15 is 0 Å². The van der Waals surface area contributed by atoms with Gasteiger partial charge in [0.1, 0.15) is 0 Å². The van der Waals surface area contributed by atoms with Crippen molar-refractivity contribution >= 4 is 16.9 Å². The monoisotopic (exact) mass is 230 g/mol. The maximum absolute atomic E-state index is 11.3. The maximum Gasteiger partial charge on any atom is 0.212 e. The number of hydrogen-bond donors (Lipinski definition) is 0. The zero-order valence-electron chi connectivity index (χ0n) is 10.5. The van der Waals surface area contributed by atoms with Crippen LogP contribution in [-0.4, -0.2) is 41.5 Å². The lowest BCUT2D eigenvalue weighted by molar-refractivity contribution is -0.920. The zero-order valence-corrected chi connectivity index (χ0v) is 11.3. The zero-order chi connectivity index (χ0) is 11.7. The Labute approximate surface area is 98.3 Å². The summed E-state index contributed by atoms with van der Waals surface area (Å²) in [6.45, 7) is 13.1. The fourth-order valence-electron chi connectivity index (χ4n) is 1.67. The number of nitrogens with zero attached hydrogens (tertiary/aromatic N) is 1. The highest BCUT2D eigenvalue weighted by Gasteiger charge is 2.20. The second-order valence-corrected chi connectivity index (χ2v) is 4.78. The third kappa shape index (κ3) is 5.38. The van der Waals surface area contributed by atoms with Crippen molar-refractivity contribution < 1.29 is 9.28 Å². The molecule has 0 amide bonds. The predicted molar refractivity (Wildman–Crippen MR) is 69.0 cm³/mol. The highest BCUT2D eigenvalue weighted by atomic mass is 32.2. The van der Waals surface area contributed by atoms with Gasteiger partial charge in [-0.25, -0.2) is 0 Å². The van der Waals surface area contributed by atoms with E-state index in [-0.39, 0.29) is 5.12 Å². The highest BCUT2D eigenvalue weighted by Crippen LogP contribution is 2.10. The largest absolute Gasteiger partial charge is 0.324 e.